The van der Waals surface area contributed by atoms with Crippen LogP contribution in [0.4, 0.5) is 0 Å². The van der Waals surface area contributed by atoms with Gasteiger partial charge in [-0.15, -0.1) is 0 Å². The van der Waals surface area contributed by atoms with Crippen LogP contribution in [-0.2, 0) is 17.8 Å². The zero-order valence-corrected chi connectivity index (χ0v) is 19.1. The lowest BCUT2D eigenvalue weighted by molar-refractivity contribution is -0.122. The molecular weight excluding hydrogens is 443 g/mol. The lowest BCUT2D eigenvalue weighted by Gasteiger charge is -2.26. The number of para-hydroxylation sites is 1. The predicted molar refractivity (Wildman–Crippen MR) is 131 cm³/mol. The Balaban J connectivity index is 1.53. The molecule has 0 spiro atoms. The number of benzene rings is 3. The van der Waals surface area contributed by atoms with Crippen LogP contribution in [0.15, 0.2) is 79.0 Å². The fourth-order valence-electron chi connectivity index (χ4n) is 4.08. The quantitative estimate of drug-likeness (QED) is 0.341. The molecule has 3 aromatic carbocycles. The van der Waals surface area contributed by atoms with Gasteiger partial charge in [0, 0.05) is 33.6 Å². The lowest BCUT2D eigenvalue weighted by Crippen LogP contribution is -2.39. The number of aromatic nitrogens is 1. The molecule has 0 fully saturated rings. The third-order valence-corrected chi connectivity index (χ3v) is 6.24. The molecule has 2 N–H and O–H groups in total. The maximum Gasteiger partial charge on any atom is 0.240 e. The van der Waals surface area contributed by atoms with Crippen molar-refractivity contribution in [1.82, 2.24) is 9.88 Å². The minimum absolute atomic E-state index is 0.0483. The van der Waals surface area contributed by atoms with Crippen LogP contribution in [0.3, 0.4) is 0 Å². The topological polar surface area (TPSA) is 54.3 Å². The van der Waals surface area contributed by atoms with E-state index in [0.29, 0.717) is 10.0 Å². The van der Waals surface area contributed by atoms with Crippen LogP contribution in [0.2, 0.25) is 10.0 Å². The van der Waals surface area contributed by atoms with Crippen molar-refractivity contribution in [3.63, 3.8) is 0 Å². The zero-order valence-electron chi connectivity index (χ0n) is 17.6. The van der Waals surface area contributed by atoms with E-state index in [9.17, 15) is 9.90 Å². The van der Waals surface area contributed by atoms with Crippen molar-refractivity contribution in [1.29, 1.82) is 0 Å². The summed E-state index contributed by atoms with van der Waals surface area (Å²) in [5.74, 6) is 0.101. The third kappa shape index (κ3) is 5.09. The van der Waals surface area contributed by atoms with Gasteiger partial charge in [-0.25, -0.2) is 0 Å². The van der Waals surface area contributed by atoms with E-state index in [0.717, 1.165) is 28.5 Å². The highest BCUT2D eigenvalue weighted by Gasteiger charge is 2.22. The van der Waals surface area contributed by atoms with Crippen LogP contribution >= 0.6 is 23.2 Å². The van der Waals surface area contributed by atoms with E-state index in [1.54, 1.807) is 10.8 Å². The van der Waals surface area contributed by atoms with Gasteiger partial charge < -0.3 is 15.0 Å². The van der Waals surface area contributed by atoms with Gasteiger partial charge >= 0.3 is 0 Å². The monoisotopic (exact) mass is 466 g/mol. The molecule has 0 saturated carbocycles. The Hall–Kier alpha value is -2.95. The third-order valence-electron chi connectivity index (χ3n) is 5.74. The number of halogens is 2. The first-order chi connectivity index (χ1) is 15.4. The summed E-state index contributed by atoms with van der Waals surface area (Å²) in [5.41, 5.74) is 3.06. The number of rotatable bonds is 7. The molecule has 2 atom stereocenters. The number of amides is 1. The molecule has 0 unspecified atom stereocenters. The number of carbonyl (C=O) groups excluding carboxylic acids is 1. The average molecular weight is 467 g/mol. The SMILES string of the molecule is C[C@@H](NC(=O)Cn1cc(O)c2ccccc21)[C@H](Cc1ccc(Cl)cc1)c1ccc(Cl)cc1. The molecule has 164 valence electrons. The zero-order chi connectivity index (χ0) is 22.7. The normalized spacial score (nSPS) is 13.1. The molecule has 6 heteroatoms. The number of carbonyl (C=O) groups is 1. The summed E-state index contributed by atoms with van der Waals surface area (Å²) < 4.78 is 1.77. The van der Waals surface area contributed by atoms with Crippen molar-refractivity contribution < 1.29 is 9.90 Å². The Morgan fingerprint density at radius 3 is 2.28 bits per heavy atom. The minimum atomic E-state index is -0.130. The highest BCUT2D eigenvalue weighted by molar-refractivity contribution is 6.30. The summed E-state index contributed by atoms with van der Waals surface area (Å²) in [5, 5.41) is 15.4. The molecule has 32 heavy (non-hydrogen) atoms. The van der Waals surface area contributed by atoms with Gasteiger partial charge in [0.25, 0.3) is 0 Å². The molecule has 4 nitrogen and oxygen atoms in total. The van der Waals surface area contributed by atoms with Crippen molar-refractivity contribution >= 4 is 40.0 Å². The second kappa shape index (κ2) is 9.68. The van der Waals surface area contributed by atoms with Crippen LogP contribution in [0.1, 0.15) is 24.0 Å². The van der Waals surface area contributed by atoms with E-state index in [4.69, 9.17) is 23.2 Å². The number of fused-ring (bicyclic) bond motifs is 1. The van der Waals surface area contributed by atoms with Crippen LogP contribution in [-0.4, -0.2) is 21.6 Å². The van der Waals surface area contributed by atoms with E-state index in [1.807, 2.05) is 79.7 Å². The smallest absolute Gasteiger partial charge is 0.240 e. The van der Waals surface area contributed by atoms with Crippen molar-refractivity contribution in [3.05, 3.63) is 100 Å². The summed E-state index contributed by atoms with van der Waals surface area (Å²) in [6, 6.07) is 22.9. The number of aromatic hydroxyl groups is 1. The summed E-state index contributed by atoms with van der Waals surface area (Å²) in [4.78, 5) is 12.9. The van der Waals surface area contributed by atoms with Crippen LogP contribution in [0.5, 0.6) is 5.75 Å². The van der Waals surface area contributed by atoms with Crippen LogP contribution < -0.4 is 5.32 Å². The summed E-state index contributed by atoms with van der Waals surface area (Å²) in [7, 11) is 0. The van der Waals surface area contributed by atoms with E-state index in [1.165, 1.54) is 0 Å². The Morgan fingerprint density at radius 1 is 0.969 bits per heavy atom. The molecule has 0 bridgehead atoms. The number of hydrogen-bond acceptors (Lipinski definition) is 2. The molecular formula is C26H24Cl2N2O2. The highest BCUT2D eigenvalue weighted by Crippen LogP contribution is 2.28. The van der Waals surface area contributed by atoms with Crippen LogP contribution in [0, 0.1) is 0 Å². The molecule has 0 saturated heterocycles. The molecule has 4 rings (SSSR count). The highest BCUT2D eigenvalue weighted by atomic mass is 35.5. The molecule has 0 aliphatic heterocycles. The van der Waals surface area contributed by atoms with Crippen molar-refractivity contribution in [2.24, 2.45) is 0 Å². The molecule has 4 aromatic rings. The maximum atomic E-state index is 12.9. The second-order valence-corrected chi connectivity index (χ2v) is 8.88. The summed E-state index contributed by atoms with van der Waals surface area (Å²) in [6.45, 7) is 2.14. The fourth-order valence-corrected chi connectivity index (χ4v) is 4.33. The van der Waals surface area contributed by atoms with E-state index in [2.05, 4.69) is 5.32 Å². The van der Waals surface area contributed by atoms with Gasteiger partial charge in [-0.05, 0) is 60.9 Å². The van der Waals surface area contributed by atoms with Gasteiger partial charge in [0.05, 0.1) is 5.52 Å². The van der Waals surface area contributed by atoms with Crippen molar-refractivity contribution in [2.75, 3.05) is 0 Å². The van der Waals surface area contributed by atoms with Gasteiger partial charge in [0.15, 0.2) is 0 Å². The minimum Gasteiger partial charge on any atom is -0.506 e. The van der Waals surface area contributed by atoms with Gasteiger partial charge in [-0.1, -0.05) is 59.6 Å². The largest absolute Gasteiger partial charge is 0.506 e. The fraction of sp³-hybridized carbons (Fsp3) is 0.192. The van der Waals surface area contributed by atoms with Gasteiger partial charge in [0.2, 0.25) is 5.91 Å². The first-order valence-electron chi connectivity index (χ1n) is 10.5. The van der Waals surface area contributed by atoms with Gasteiger partial charge in [0.1, 0.15) is 12.3 Å². The number of nitrogens with one attached hydrogen (secondary N) is 1. The number of nitrogens with zero attached hydrogens (tertiary/aromatic N) is 1. The average Bonchev–Trinajstić information content (AvgIpc) is 3.09. The Labute approximate surface area is 197 Å². The summed E-state index contributed by atoms with van der Waals surface area (Å²) in [6.07, 6.45) is 2.34. The van der Waals surface area contributed by atoms with E-state index < -0.39 is 0 Å². The first-order valence-corrected chi connectivity index (χ1v) is 11.2. The first kappa shape index (κ1) is 22.3. The molecule has 0 aliphatic carbocycles. The number of hydrogen-bond donors (Lipinski definition) is 2. The molecule has 0 aliphatic rings. The lowest BCUT2D eigenvalue weighted by atomic mass is 9.86. The van der Waals surface area contributed by atoms with Crippen molar-refractivity contribution in [2.45, 2.75) is 31.8 Å². The maximum absolute atomic E-state index is 12.9. The Bertz CT molecular complexity index is 1220. The van der Waals surface area contributed by atoms with E-state index in [-0.39, 0.29) is 30.2 Å². The van der Waals surface area contributed by atoms with Crippen molar-refractivity contribution in [3.8, 4) is 5.75 Å². The molecule has 1 amide bonds. The summed E-state index contributed by atoms with van der Waals surface area (Å²) >= 11 is 12.1. The molecule has 1 heterocycles. The van der Waals surface area contributed by atoms with Crippen LogP contribution in [0.25, 0.3) is 10.9 Å². The Morgan fingerprint density at radius 2 is 1.59 bits per heavy atom. The van der Waals surface area contributed by atoms with E-state index >= 15 is 0 Å². The molecule has 0 radical (unpaired) electrons. The second-order valence-electron chi connectivity index (χ2n) is 8.00. The standard InChI is InChI=1S/C26H24Cl2N2O2/c1-17(29-26(32)16-30-15-25(31)22-4-2-3-5-24(22)30)23(19-8-12-21(28)13-9-19)14-18-6-10-20(27)11-7-18/h2-13,15,17,23,31H,14,16H2,1H3,(H,29,32)/t17-,23+/m1/s1. The van der Waals surface area contributed by atoms with Gasteiger partial charge in [-0.3, -0.25) is 4.79 Å². The Kier molecular flexibility index (Phi) is 6.73. The molecule has 1 aromatic heterocycles. The predicted octanol–water partition coefficient (Wildman–Crippen LogP) is 6.18. The van der Waals surface area contributed by atoms with Gasteiger partial charge in [-0.2, -0.15) is 0 Å².